The first-order valence-corrected chi connectivity index (χ1v) is 12.3. The van der Waals surface area contributed by atoms with Gasteiger partial charge in [0.25, 0.3) is 0 Å². The van der Waals surface area contributed by atoms with Gasteiger partial charge in [0.1, 0.15) is 5.69 Å². The maximum Gasteiger partial charge on any atom is 0.243 e. The van der Waals surface area contributed by atoms with E-state index in [1.807, 2.05) is 41.8 Å². The summed E-state index contributed by atoms with van der Waals surface area (Å²) in [5.41, 5.74) is 1.97. The first-order chi connectivity index (χ1) is 14.2. The molecule has 0 bridgehead atoms. The molecule has 0 spiro atoms. The van der Waals surface area contributed by atoms with Gasteiger partial charge < -0.3 is 4.90 Å². The molecule has 0 amide bonds. The van der Waals surface area contributed by atoms with E-state index in [9.17, 15) is 8.42 Å². The van der Waals surface area contributed by atoms with E-state index >= 15 is 0 Å². The van der Waals surface area contributed by atoms with E-state index in [0.717, 1.165) is 22.0 Å². The smallest absolute Gasteiger partial charge is 0.243 e. The monoisotopic (exact) mass is 442 g/mol. The highest BCUT2D eigenvalue weighted by Gasteiger charge is 2.29. The molecule has 2 aromatic heterocycles. The quantitative estimate of drug-likeness (QED) is 0.611. The Kier molecular flexibility index (Phi) is 5.65. The molecule has 0 unspecified atom stereocenters. The molecular weight excluding hydrogens is 416 g/mol. The van der Waals surface area contributed by atoms with E-state index in [2.05, 4.69) is 35.9 Å². The lowest BCUT2D eigenvalue weighted by Gasteiger charge is -2.34. The van der Waals surface area contributed by atoms with Crippen LogP contribution < -0.4 is 4.90 Å². The predicted octanol–water partition coefficient (Wildman–Crippen LogP) is 4.01. The lowest BCUT2D eigenvalue weighted by Crippen LogP contribution is -2.49. The van der Waals surface area contributed by atoms with E-state index < -0.39 is 10.0 Å². The fraction of sp³-hybridized carbons (Fsp3) is 0.364. The van der Waals surface area contributed by atoms with E-state index in [-0.39, 0.29) is 5.41 Å². The van der Waals surface area contributed by atoms with Gasteiger partial charge in [0, 0.05) is 26.2 Å². The van der Waals surface area contributed by atoms with Crippen molar-refractivity contribution in [3.63, 3.8) is 0 Å². The van der Waals surface area contributed by atoms with Gasteiger partial charge in [-0.2, -0.15) is 4.31 Å². The van der Waals surface area contributed by atoms with Gasteiger partial charge in [0.15, 0.2) is 5.82 Å². The Morgan fingerprint density at radius 2 is 1.60 bits per heavy atom. The van der Waals surface area contributed by atoms with Crippen molar-refractivity contribution in [3.8, 4) is 10.6 Å². The predicted molar refractivity (Wildman–Crippen MR) is 121 cm³/mol. The zero-order valence-electron chi connectivity index (χ0n) is 17.4. The van der Waals surface area contributed by atoms with Crippen LogP contribution >= 0.6 is 11.3 Å². The van der Waals surface area contributed by atoms with E-state index in [1.165, 1.54) is 0 Å². The summed E-state index contributed by atoms with van der Waals surface area (Å²) in [5.74, 6) is 0.780. The minimum Gasteiger partial charge on any atom is -0.352 e. The minimum absolute atomic E-state index is 0.00595. The Morgan fingerprint density at radius 3 is 2.13 bits per heavy atom. The summed E-state index contributed by atoms with van der Waals surface area (Å²) >= 11 is 1.63. The molecule has 0 N–H and O–H groups in total. The minimum atomic E-state index is -3.49. The number of hydrogen-bond donors (Lipinski definition) is 0. The van der Waals surface area contributed by atoms with Crippen LogP contribution in [0.2, 0.25) is 0 Å². The van der Waals surface area contributed by atoms with Gasteiger partial charge in [-0.05, 0) is 46.7 Å². The van der Waals surface area contributed by atoms with E-state index in [0.29, 0.717) is 31.1 Å². The molecule has 30 heavy (non-hydrogen) atoms. The van der Waals surface area contributed by atoms with Crippen molar-refractivity contribution in [1.29, 1.82) is 0 Å². The second-order valence-corrected chi connectivity index (χ2v) is 11.3. The molecule has 6 nitrogen and oxygen atoms in total. The number of piperazine rings is 1. The van der Waals surface area contributed by atoms with Crippen LogP contribution in [0.3, 0.4) is 0 Å². The van der Waals surface area contributed by atoms with Crippen LogP contribution in [-0.4, -0.2) is 49.1 Å². The Hall–Kier alpha value is -2.29. The standard InChI is InChI=1S/C22H26N4O2S2/c1-22(2,3)17-6-8-18(9-7-17)30(27,28)26-14-12-25(13-15-26)21-11-10-19(23-24-21)20-5-4-16-29-20/h4-11,16H,12-15H2,1-3H3. The third-order valence-corrected chi connectivity index (χ3v) is 8.15. The van der Waals surface area contributed by atoms with Crippen LogP contribution in [0.1, 0.15) is 26.3 Å². The molecule has 0 atom stereocenters. The van der Waals surface area contributed by atoms with Gasteiger partial charge in [0.2, 0.25) is 10.0 Å². The number of sulfonamides is 1. The molecule has 4 rings (SSSR count). The Morgan fingerprint density at radius 1 is 0.900 bits per heavy atom. The molecule has 1 aliphatic rings. The van der Waals surface area contributed by atoms with Crippen LogP contribution in [0.5, 0.6) is 0 Å². The second-order valence-electron chi connectivity index (χ2n) is 8.42. The third kappa shape index (κ3) is 4.26. The summed E-state index contributed by atoms with van der Waals surface area (Å²) in [4.78, 5) is 3.52. The first kappa shape index (κ1) is 21.0. The van der Waals surface area contributed by atoms with Crippen molar-refractivity contribution in [1.82, 2.24) is 14.5 Å². The molecule has 1 aliphatic heterocycles. The molecule has 0 radical (unpaired) electrons. The highest BCUT2D eigenvalue weighted by atomic mass is 32.2. The molecule has 0 saturated carbocycles. The second kappa shape index (κ2) is 8.09. The average Bonchev–Trinajstić information content (AvgIpc) is 3.28. The topological polar surface area (TPSA) is 66.4 Å². The third-order valence-electron chi connectivity index (χ3n) is 5.34. The number of aromatic nitrogens is 2. The van der Waals surface area contributed by atoms with Crippen molar-refractivity contribution in [3.05, 3.63) is 59.5 Å². The van der Waals surface area contributed by atoms with Crippen molar-refractivity contribution < 1.29 is 8.42 Å². The summed E-state index contributed by atoms with van der Waals surface area (Å²) in [7, 11) is -3.49. The highest BCUT2D eigenvalue weighted by molar-refractivity contribution is 7.89. The van der Waals surface area contributed by atoms with E-state index in [4.69, 9.17) is 0 Å². The number of thiophene rings is 1. The summed E-state index contributed by atoms with van der Waals surface area (Å²) < 4.78 is 27.7. The Balaban J connectivity index is 1.42. The van der Waals surface area contributed by atoms with Gasteiger partial charge in [-0.15, -0.1) is 21.5 Å². The van der Waals surface area contributed by atoms with Gasteiger partial charge in [-0.1, -0.05) is 39.0 Å². The molecule has 3 heterocycles. The fourth-order valence-corrected chi connectivity index (χ4v) is 5.60. The van der Waals surface area contributed by atoms with Gasteiger partial charge in [0.05, 0.1) is 9.77 Å². The SMILES string of the molecule is CC(C)(C)c1ccc(S(=O)(=O)N2CCN(c3ccc(-c4cccs4)nn3)CC2)cc1. The summed E-state index contributed by atoms with van der Waals surface area (Å²) in [6.07, 6.45) is 0. The summed E-state index contributed by atoms with van der Waals surface area (Å²) in [5, 5.41) is 10.7. The van der Waals surface area contributed by atoms with Gasteiger partial charge in [-0.3, -0.25) is 0 Å². The van der Waals surface area contributed by atoms with Crippen LogP contribution in [0.25, 0.3) is 10.6 Å². The Labute approximate surface area is 182 Å². The molecule has 3 aromatic rings. The number of nitrogens with zero attached hydrogens (tertiary/aromatic N) is 4. The van der Waals surface area contributed by atoms with Crippen LogP contribution in [-0.2, 0) is 15.4 Å². The maximum absolute atomic E-state index is 13.0. The summed E-state index contributed by atoms with van der Waals surface area (Å²) in [6, 6.07) is 15.2. The van der Waals surface area contributed by atoms with Crippen molar-refractivity contribution in [2.45, 2.75) is 31.1 Å². The van der Waals surface area contributed by atoms with Crippen molar-refractivity contribution in [2.75, 3.05) is 31.1 Å². The maximum atomic E-state index is 13.0. The molecule has 1 aromatic carbocycles. The highest BCUT2D eigenvalue weighted by Crippen LogP contribution is 2.26. The molecule has 158 valence electrons. The van der Waals surface area contributed by atoms with Gasteiger partial charge in [-0.25, -0.2) is 8.42 Å². The fourth-order valence-electron chi connectivity index (χ4n) is 3.48. The number of hydrogen-bond acceptors (Lipinski definition) is 6. The van der Waals surface area contributed by atoms with E-state index in [1.54, 1.807) is 27.8 Å². The Bertz CT molecular complexity index is 1080. The molecule has 8 heteroatoms. The molecule has 1 saturated heterocycles. The molecular formula is C22H26N4O2S2. The normalized spacial score (nSPS) is 16.0. The van der Waals surface area contributed by atoms with Crippen LogP contribution in [0.4, 0.5) is 5.82 Å². The number of benzene rings is 1. The van der Waals surface area contributed by atoms with Crippen molar-refractivity contribution in [2.24, 2.45) is 0 Å². The number of anilines is 1. The molecule has 1 fully saturated rings. The van der Waals surface area contributed by atoms with Crippen LogP contribution in [0, 0.1) is 0 Å². The lowest BCUT2D eigenvalue weighted by molar-refractivity contribution is 0.383. The van der Waals surface area contributed by atoms with Crippen molar-refractivity contribution >= 4 is 27.2 Å². The number of rotatable bonds is 4. The zero-order chi connectivity index (χ0) is 21.4. The zero-order valence-corrected chi connectivity index (χ0v) is 19.1. The lowest BCUT2D eigenvalue weighted by atomic mass is 9.87. The van der Waals surface area contributed by atoms with Crippen LogP contribution in [0.15, 0.2) is 58.8 Å². The van der Waals surface area contributed by atoms with Gasteiger partial charge >= 0.3 is 0 Å². The first-order valence-electron chi connectivity index (χ1n) is 9.98. The summed E-state index contributed by atoms with van der Waals surface area (Å²) in [6.45, 7) is 8.39. The molecule has 0 aliphatic carbocycles. The average molecular weight is 443 g/mol. The largest absolute Gasteiger partial charge is 0.352 e.